The van der Waals surface area contributed by atoms with Crippen LogP contribution in [0.4, 0.5) is 4.79 Å². The van der Waals surface area contributed by atoms with Crippen LogP contribution >= 0.6 is 0 Å². The van der Waals surface area contributed by atoms with E-state index in [1.165, 1.54) is 56.9 Å². The molecule has 1 aromatic heterocycles. The van der Waals surface area contributed by atoms with Crippen LogP contribution in [0.2, 0.25) is 0 Å². The van der Waals surface area contributed by atoms with Crippen molar-refractivity contribution in [2.75, 3.05) is 26.2 Å². The van der Waals surface area contributed by atoms with Crippen LogP contribution in [0.5, 0.6) is 0 Å². The molecule has 3 heterocycles. The van der Waals surface area contributed by atoms with Gasteiger partial charge in [0.15, 0.2) is 0 Å². The molecule has 162 valence electrons. The van der Waals surface area contributed by atoms with E-state index >= 15 is 0 Å². The average Bonchev–Trinajstić information content (AvgIpc) is 3.04. The summed E-state index contributed by atoms with van der Waals surface area (Å²) in [5.41, 5.74) is 1.44. The number of carbonyl (C=O) groups is 1. The molecule has 2 aliphatic heterocycles. The summed E-state index contributed by atoms with van der Waals surface area (Å²) in [6, 6.07) is 4.45. The van der Waals surface area contributed by atoms with Gasteiger partial charge in [0.05, 0.1) is 0 Å². The molecule has 0 unspecified atom stereocenters. The molecule has 0 radical (unpaired) electrons. The molecule has 6 aliphatic rings. The molecule has 5 heteroatoms. The maximum Gasteiger partial charge on any atom is 0.317 e. The molecule has 0 aromatic carbocycles. The molecular formula is C25H36N4O. The number of pyridine rings is 1. The van der Waals surface area contributed by atoms with Crippen LogP contribution in [0.3, 0.4) is 0 Å². The molecule has 2 saturated heterocycles. The fourth-order valence-corrected chi connectivity index (χ4v) is 8.04. The van der Waals surface area contributed by atoms with Gasteiger partial charge < -0.3 is 10.2 Å². The molecule has 0 spiro atoms. The maximum absolute atomic E-state index is 13.3. The molecule has 1 N–H and O–H groups in total. The van der Waals surface area contributed by atoms with Gasteiger partial charge in [0.2, 0.25) is 0 Å². The highest BCUT2D eigenvalue weighted by Gasteiger charge is 2.52. The number of hydrogen-bond donors (Lipinski definition) is 1. The predicted octanol–water partition coefficient (Wildman–Crippen LogP) is 3.90. The molecule has 30 heavy (non-hydrogen) atoms. The molecule has 4 aliphatic carbocycles. The molecular weight excluding hydrogens is 372 g/mol. The number of rotatable bonds is 3. The zero-order valence-electron chi connectivity index (χ0n) is 18.1. The van der Waals surface area contributed by atoms with Gasteiger partial charge in [0.25, 0.3) is 0 Å². The molecule has 1 aromatic rings. The zero-order valence-corrected chi connectivity index (χ0v) is 18.1. The standard InChI is InChI=1S/C25H36N4O/c30-24(27-25-11-19-8-20(12-25)10-21(9-19)13-25)29-16-22-3-6-28(7-4-23(22)17-29)15-18-2-1-5-26-14-18/h1-2,5,14,19-23H,3-4,6-13,15-17H2,(H,27,30)/t19?,20?,21?,22-,23+,25?. The first-order valence-corrected chi connectivity index (χ1v) is 12.3. The largest absolute Gasteiger partial charge is 0.333 e. The van der Waals surface area contributed by atoms with Crippen molar-refractivity contribution in [1.82, 2.24) is 20.1 Å². The smallest absolute Gasteiger partial charge is 0.317 e. The second-order valence-corrected chi connectivity index (χ2v) is 11.3. The Morgan fingerprint density at radius 2 is 1.67 bits per heavy atom. The number of aromatic nitrogens is 1. The number of nitrogens with one attached hydrogen (secondary N) is 1. The van der Waals surface area contributed by atoms with Gasteiger partial charge in [-0.15, -0.1) is 0 Å². The summed E-state index contributed by atoms with van der Waals surface area (Å²) in [6.07, 6.45) is 14.3. The summed E-state index contributed by atoms with van der Waals surface area (Å²) >= 11 is 0. The van der Waals surface area contributed by atoms with Crippen molar-refractivity contribution in [3.8, 4) is 0 Å². The van der Waals surface area contributed by atoms with Crippen molar-refractivity contribution in [2.45, 2.75) is 63.5 Å². The van der Waals surface area contributed by atoms with E-state index in [1.54, 1.807) is 0 Å². The molecule has 5 nitrogen and oxygen atoms in total. The van der Waals surface area contributed by atoms with Crippen molar-refractivity contribution >= 4 is 6.03 Å². The lowest BCUT2D eigenvalue weighted by atomic mass is 9.53. The van der Waals surface area contributed by atoms with Crippen LogP contribution in [0.15, 0.2) is 24.5 Å². The number of urea groups is 1. The van der Waals surface area contributed by atoms with Crippen LogP contribution < -0.4 is 5.32 Å². The lowest BCUT2D eigenvalue weighted by Crippen LogP contribution is -2.61. The van der Waals surface area contributed by atoms with E-state index in [0.717, 1.165) is 50.5 Å². The fourth-order valence-electron chi connectivity index (χ4n) is 8.04. The van der Waals surface area contributed by atoms with Gasteiger partial charge in [-0.2, -0.15) is 0 Å². The SMILES string of the molecule is O=C(NC12CC3CC(CC(C3)C1)C2)N1C[C@H]2CCN(Cc3cccnc3)CC[C@H]2C1. The quantitative estimate of drug-likeness (QED) is 0.825. The van der Waals surface area contributed by atoms with Crippen molar-refractivity contribution in [2.24, 2.45) is 29.6 Å². The molecule has 4 saturated carbocycles. The number of amides is 2. The Kier molecular flexibility index (Phi) is 4.78. The highest BCUT2D eigenvalue weighted by molar-refractivity contribution is 5.75. The van der Waals surface area contributed by atoms with Crippen LogP contribution in [0.1, 0.15) is 56.9 Å². The highest BCUT2D eigenvalue weighted by Crippen LogP contribution is 2.55. The van der Waals surface area contributed by atoms with Crippen LogP contribution in [0, 0.1) is 29.6 Å². The summed E-state index contributed by atoms with van der Waals surface area (Å²) in [7, 11) is 0. The number of hydrogen-bond acceptors (Lipinski definition) is 3. The third-order valence-electron chi connectivity index (χ3n) is 9.04. The molecule has 4 bridgehead atoms. The number of fused-ring (bicyclic) bond motifs is 1. The van der Waals surface area contributed by atoms with Gasteiger partial charge in [-0.25, -0.2) is 4.79 Å². The Labute approximate surface area is 180 Å². The van der Waals surface area contributed by atoms with E-state index < -0.39 is 0 Å². The minimum Gasteiger partial charge on any atom is -0.333 e. The minimum absolute atomic E-state index is 0.136. The molecule has 2 amide bonds. The van der Waals surface area contributed by atoms with Crippen LogP contribution in [-0.2, 0) is 6.54 Å². The Hall–Kier alpha value is -1.62. The Morgan fingerprint density at radius 1 is 1.03 bits per heavy atom. The monoisotopic (exact) mass is 408 g/mol. The zero-order chi connectivity index (χ0) is 20.1. The van der Waals surface area contributed by atoms with Gasteiger partial charge in [0.1, 0.15) is 0 Å². The normalized spacial score (nSPS) is 40.3. The van der Waals surface area contributed by atoms with Crippen molar-refractivity contribution in [3.05, 3.63) is 30.1 Å². The lowest BCUT2D eigenvalue weighted by molar-refractivity contribution is -0.0154. The first-order chi connectivity index (χ1) is 14.6. The minimum atomic E-state index is 0.136. The first-order valence-electron chi connectivity index (χ1n) is 12.3. The predicted molar refractivity (Wildman–Crippen MR) is 117 cm³/mol. The van der Waals surface area contributed by atoms with Gasteiger partial charge in [-0.05, 0) is 106 Å². The molecule has 6 fully saturated rings. The summed E-state index contributed by atoms with van der Waals surface area (Å²) in [5.74, 6) is 3.99. The van der Waals surface area contributed by atoms with Gasteiger partial charge in [0, 0.05) is 37.6 Å². The van der Waals surface area contributed by atoms with Crippen molar-refractivity contribution in [1.29, 1.82) is 0 Å². The second kappa shape index (κ2) is 7.51. The van der Waals surface area contributed by atoms with Crippen molar-refractivity contribution < 1.29 is 4.79 Å². The average molecular weight is 409 g/mol. The lowest BCUT2D eigenvalue weighted by Gasteiger charge is -2.57. The summed E-state index contributed by atoms with van der Waals surface area (Å²) in [4.78, 5) is 22.3. The number of likely N-dealkylation sites (tertiary alicyclic amines) is 2. The van der Waals surface area contributed by atoms with E-state index in [0.29, 0.717) is 11.8 Å². The van der Waals surface area contributed by atoms with E-state index in [-0.39, 0.29) is 11.6 Å². The summed E-state index contributed by atoms with van der Waals surface area (Å²) in [5, 5.41) is 3.60. The molecule has 2 atom stereocenters. The third-order valence-corrected chi connectivity index (χ3v) is 9.04. The number of nitrogens with zero attached hydrogens (tertiary/aromatic N) is 3. The summed E-state index contributed by atoms with van der Waals surface area (Å²) < 4.78 is 0. The van der Waals surface area contributed by atoms with Gasteiger partial charge in [-0.3, -0.25) is 9.88 Å². The maximum atomic E-state index is 13.3. The number of carbonyl (C=O) groups excluding carboxylic acids is 1. The second-order valence-electron chi connectivity index (χ2n) is 11.3. The van der Waals surface area contributed by atoms with Crippen LogP contribution in [0.25, 0.3) is 0 Å². The Morgan fingerprint density at radius 3 is 2.23 bits per heavy atom. The molecule has 7 rings (SSSR count). The van der Waals surface area contributed by atoms with E-state index in [9.17, 15) is 4.79 Å². The highest BCUT2D eigenvalue weighted by atomic mass is 16.2. The van der Waals surface area contributed by atoms with E-state index in [4.69, 9.17) is 0 Å². The fraction of sp³-hybridized carbons (Fsp3) is 0.760. The van der Waals surface area contributed by atoms with Gasteiger partial charge in [-0.1, -0.05) is 6.07 Å². The third kappa shape index (κ3) is 3.63. The van der Waals surface area contributed by atoms with E-state index in [2.05, 4.69) is 26.2 Å². The summed E-state index contributed by atoms with van der Waals surface area (Å²) in [6.45, 7) is 5.21. The Bertz CT molecular complexity index is 729. The van der Waals surface area contributed by atoms with Crippen molar-refractivity contribution in [3.63, 3.8) is 0 Å². The Balaban J connectivity index is 1.04. The van der Waals surface area contributed by atoms with E-state index in [1.807, 2.05) is 18.5 Å². The topological polar surface area (TPSA) is 48.5 Å². The van der Waals surface area contributed by atoms with Crippen LogP contribution in [-0.4, -0.2) is 52.5 Å². The van der Waals surface area contributed by atoms with Gasteiger partial charge >= 0.3 is 6.03 Å². The first kappa shape index (κ1) is 19.1.